The maximum Gasteiger partial charge on any atom is 0.266 e. The van der Waals surface area contributed by atoms with Crippen molar-refractivity contribution >= 4 is 57.8 Å². The van der Waals surface area contributed by atoms with Crippen molar-refractivity contribution in [3.05, 3.63) is 92.6 Å². The molecule has 9 heteroatoms. The van der Waals surface area contributed by atoms with E-state index in [2.05, 4.69) is 4.99 Å². The minimum atomic E-state index is -0.342. The fourth-order valence-electron chi connectivity index (χ4n) is 3.64. The van der Waals surface area contributed by atoms with Crippen molar-refractivity contribution in [1.82, 2.24) is 4.90 Å². The average molecular weight is 559 g/mol. The first kappa shape index (κ1) is 27.0. The van der Waals surface area contributed by atoms with E-state index in [0.29, 0.717) is 55.0 Å². The highest BCUT2D eigenvalue weighted by Crippen LogP contribution is 2.40. The number of nitrogens with zero attached hydrogens (tertiary/aromatic N) is 2. The third-order valence-corrected chi connectivity index (χ3v) is 6.85. The largest absolute Gasteiger partial charge is 0.493 e. The third kappa shape index (κ3) is 6.86. The van der Waals surface area contributed by atoms with Crippen LogP contribution < -0.4 is 9.47 Å². The molecule has 1 heterocycles. The summed E-state index contributed by atoms with van der Waals surface area (Å²) < 4.78 is 24.8. The van der Waals surface area contributed by atoms with E-state index in [0.717, 1.165) is 0 Å². The van der Waals surface area contributed by atoms with Gasteiger partial charge in [-0.3, -0.25) is 9.69 Å². The number of benzene rings is 3. The van der Waals surface area contributed by atoms with Crippen molar-refractivity contribution in [2.75, 3.05) is 13.7 Å². The smallest absolute Gasteiger partial charge is 0.266 e. The number of rotatable bonds is 8. The van der Waals surface area contributed by atoms with Gasteiger partial charge in [-0.15, -0.1) is 0 Å². The Morgan fingerprint density at radius 2 is 1.86 bits per heavy atom. The molecule has 1 aliphatic rings. The third-order valence-electron chi connectivity index (χ3n) is 5.31. The van der Waals surface area contributed by atoms with Gasteiger partial charge in [0.1, 0.15) is 12.4 Å². The van der Waals surface area contributed by atoms with E-state index in [1.54, 1.807) is 47.4 Å². The van der Waals surface area contributed by atoms with E-state index in [-0.39, 0.29) is 24.2 Å². The van der Waals surface area contributed by atoms with Crippen molar-refractivity contribution in [3.63, 3.8) is 0 Å². The Kier molecular flexibility index (Phi) is 8.79. The normalized spacial score (nSPS) is 15.8. The predicted molar refractivity (Wildman–Crippen MR) is 149 cm³/mol. The van der Waals surface area contributed by atoms with E-state index in [9.17, 15) is 9.18 Å². The highest BCUT2D eigenvalue weighted by atomic mass is 35.5. The van der Waals surface area contributed by atoms with Crippen LogP contribution in [-0.2, 0) is 11.4 Å². The Hall–Kier alpha value is -3.00. The molecule has 1 fully saturated rings. The summed E-state index contributed by atoms with van der Waals surface area (Å²) in [4.78, 5) is 20.2. The first-order valence-corrected chi connectivity index (χ1v) is 13.1. The number of hydrogen-bond donors (Lipinski definition) is 0. The van der Waals surface area contributed by atoms with Crippen LogP contribution in [0.25, 0.3) is 6.08 Å². The summed E-state index contributed by atoms with van der Waals surface area (Å²) in [6, 6.07) is 16.7. The van der Waals surface area contributed by atoms with Crippen LogP contribution in [0.3, 0.4) is 0 Å². The molecule has 0 N–H and O–H groups in total. The number of thioether (sulfide) groups is 1. The van der Waals surface area contributed by atoms with Gasteiger partial charge in [-0.2, -0.15) is 0 Å². The van der Waals surface area contributed by atoms with Crippen LogP contribution in [-0.4, -0.2) is 29.6 Å². The Balaban J connectivity index is 1.61. The van der Waals surface area contributed by atoms with Gasteiger partial charge in [-0.25, -0.2) is 9.38 Å². The summed E-state index contributed by atoms with van der Waals surface area (Å²) in [5, 5.41) is 1.53. The second-order valence-corrected chi connectivity index (χ2v) is 10.6. The van der Waals surface area contributed by atoms with Crippen LogP contribution in [0, 0.1) is 11.7 Å². The summed E-state index contributed by atoms with van der Waals surface area (Å²) in [7, 11) is 1.51. The number of amidine groups is 1. The van der Waals surface area contributed by atoms with E-state index >= 15 is 0 Å². The number of carbonyl (C=O) groups is 1. The number of halogens is 3. The number of aliphatic imine (C=N–C) groups is 1. The molecule has 0 spiro atoms. The van der Waals surface area contributed by atoms with Crippen LogP contribution in [0.5, 0.6) is 11.5 Å². The molecule has 1 amide bonds. The minimum Gasteiger partial charge on any atom is -0.493 e. The Bertz CT molecular complexity index is 1360. The molecule has 0 aromatic heterocycles. The van der Waals surface area contributed by atoms with Crippen LogP contribution in [0.15, 0.2) is 70.6 Å². The lowest BCUT2D eigenvalue weighted by Crippen LogP contribution is -2.32. The Morgan fingerprint density at radius 3 is 2.54 bits per heavy atom. The zero-order valence-electron chi connectivity index (χ0n) is 20.5. The monoisotopic (exact) mass is 558 g/mol. The Morgan fingerprint density at radius 1 is 1.11 bits per heavy atom. The zero-order valence-corrected chi connectivity index (χ0v) is 22.8. The van der Waals surface area contributed by atoms with Crippen molar-refractivity contribution in [1.29, 1.82) is 0 Å². The lowest BCUT2D eigenvalue weighted by molar-refractivity contribution is -0.122. The van der Waals surface area contributed by atoms with E-state index in [1.165, 1.54) is 31.0 Å². The van der Waals surface area contributed by atoms with Crippen LogP contribution in [0.2, 0.25) is 10.0 Å². The van der Waals surface area contributed by atoms with Crippen molar-refractivity contribution in [2.24, 2.45) is 10.9 Å². The number of amides is 1. The van der Waals surface area contributed by atoms with Crippen molar-refractivity contribution in [2.45, 2.75) is 20.5 Å². The molecule has 1 aliphatic heterocycles. The zero-order chi connectivity index (χ0) is 26.5. The van der Waals surface area contributed by atoms with Crippen molar-refractivity contribution in [3.8, 4) is 11.5 Å². The maximum atomic E-state index is 13.5. The molecular formula is C28H25Cl2FN2O3S. The van der Waals surface area contributed by atoms with E-state index in [1.807, 2.05) is 26.0 Å². The van der Waals surface area contributed by atoms with Gasteiger partial charge in [0, 0.05) is 11.6 Å². The molecule has 0 bridgehead atoms. The minimum absolute atomic E-state index is 0.122. The molecular weight excluding hydrogens is 534 g/mol. The maximum absolute atomic E-state index is 13.5. The summed E-state index contributed by atoms with van der Waals surface area (Å²) in [6.45, 7) is 4.75. The molecule has 0 atom stereocenters. The van der Waals surface area contributed by atoms with Gasteiger partial charge in [0.2, 0.25) is 0 Å². The first-order valence-electron chi connectivity index (χ1n) is 11.5. The van der Waals surface area contributed by atoms with Gasteiger partial charge in [-0.05, 0) is 83.4 Å². The molecule has 0 radical (unpaired) electrons. The second kappa shape index (κ2) is 12.0. The number of hydrogen-bond acceptors (Lipinski definition) is 5. The van der Waals surface area contributed by atoms with Gasteiger partial charge >= 0.3 is 0 Å². The topological polar surface area (TPSA) is 51.1 Å². The molecule has 0 aliphatic carbocycles. The molecule has 192 valence electrons. The number of ether oxygens (including phenoxy) is 2. The average Bonchev–Trinajstić information content (AvgIpc) is 3.13. The fourth-order valence-corrected chi connectivity index (χ4v) is 5.05. The van der Waals surface area contributed by atoms with Crippen molar-refractivity contribution < 1.29 is 18.7 Å². The first-order chi connectivity index (χ1) is 17.7. The highest BCUT2D eigenvalue weighted by molar-refractivity contribution is 8.18. The van der Waals surface area contributed by atoms with Crippen LogP contribution in [0.1, 0.15) is 25.0 Å². The van der Waals surface area contributed by atoms with E-state index in [4.69, 9.17) is 32.7 Å². The van der Waals surface area contributed by atoms with Crippen LogP contribution >= 0.6 is 35.0 Å². The molecule has 3 aromatic rings. The lowest BCUT2D eigenvalue weighted by atomic mass is 10.1. The van der Waals surface area contributed by atoms with Gasteiger partial charge in [-0.1, -0.05) is 49.2 Å². The van der Waals surface area contributed by atoms with Gasteiger partial charge < -0.3 is 9.47 Å². The summed E-state index contributed by atoms with van der Waals surface area (Å²) in [5.74, 6) is 0.523. The standard InChI is InChI=1S/C28H25Cl2FN2O3S/c1-17(2)15-33-27(34)25(37-28(33)32-22-9-7-20(29)8-10-22)14-19-12-23(30)26(24(13-19)35-3)36-16-18-5-4-6-21(31)11-18/h4-14,17H,15-16H2,1-3H3/b25-14-,32-28?. The number of methoxy groups -OCH3 is 1. The van der Waals surface area contributed by atoms with Gasteiger partial charge in [0.15, 0.2) is 16.7 Å². The lowest BCUT2D eigenvalue weighted by Gasteiger charge is -2.17. The molecule has 0 unspecified atom stereocenters. The number of carbonyl (C=O) groups excluding carboxylic acids is 1. The van der Waals surface area contributed by atoms with E-state index < -0.39 is 0 Å². The Labute approximate surface area is 229 Å². The second-order valence-electron chi connectivity index (χ2n) is 8.74. The molecule has 1 saturated heterocycles. The summed E-state index contributed by atoms with van der Waals surface area (Å²) in [5.41, 5.74) is 2.04. The molecule has 3 aromatic carbocycles. The van der Waals surface area contributed by atoms with Gasteiger partial charge in [0.05, 0.1) is 22.7 Å². The molecule has 37 heavy (non-hydrogen) atoms. The summed E-state index contributed by atoms with van der Waals surface area (Å²) >= 11 is 13.8. The summed E-state index contributed by atoms with van der Waals surface area (Å²) in [6.07, 6.45) is 1.76. The van der Waals surface area contributed by atoms with Gasteiger partial charge in [0.25, 0.3) is 5.91 Å². The molecule has 0 saturated carbocycles. The highest BCUT2D eigenvalue weighted by Gasteiger charge is 2.34. The predicted octanol–water partition coefficient (Wildman–Crippen LogP) is 7.98. The molecule has 4 rings (SSSR count). The van der Waals surface area contributed by atoms with Crippen LogP contribution in [0.4, 0.5) is 10.1 Å². The fraction of sp³-hybridized carbons (Fsp3) is 0.214. The quantitative estimate of drug-likeness (QED) is 0.263. The molecule has 5 nitrogen and oxygen atoms in total. The SMILES string of the molecule is COc1cc(/C=C2\SC(=Nc3ccc(Cl)cc3)N(CC(C)C)C2=O)cc(Cl)c1OCc1cccc(F)c1.